The van der Waals surface area contributed by atoms with E-state index in [9.17, 15) is 0 Å². The van der Waals surface area contributed by atoms with Crippen molar-refractivity contribution in [1.82, 2.24) is 0 Å². The molecule has 1 atom stereocenters. The molecule has 0 bridgehead atoms. The molecular weight excluding hydrogens is 388 g/mol. The molecule has 0 aliphatic carbocycles. The fourth-order valence-corrected chi connectivity index (χ4v) is 4.07. The molecule has 152 valence electrons. The van der Waals surface area contributed by atoms with Crippen LogP contribution in [0.3, 0.4) is 0 Å². The Balaban J connectivity index is 0.000000431. The molecule has 0 N–H and O–H groups in total. The summed E-state index contributed by atoms with van der Waals surface area (Å²) in [4.78, 5) is 4.72. The monoisotopic (exact) mass is 411 g/mol. The Morgan fingerprint density at radius 1 is 1.07 bits per heavy atom. The molecule has 0 fully saturated rings. The molecule has 2 aromatic rings. The van der Waals surface area contributed by atoms with E-state index in [1.807, 2.05) is 0 Å². The number of allylic oxidation sites excluding steroid dienone is 2. The van der Waals surface area contributed by atoms with Gasteiger partial charge < -0.3 is 9.11 Å². The highest BCUT2D eigenvalue weighted by molar-refractivity contribution is 7.79. The zero-order valence-electron chi connectivity index (χ0n) is 16.8. The predicted molar refractivity (Wildman–Crippen MR) is 112 cm³/mol. The Morgan fingerprint density at radius 2 is 1.66 bits per heavy atom. The van der Waals surface area contributed by atoms with Crippen molar-refractivity contribution in [1.29, 1.82) is 0 Å². The summed E-state index contributed by atoms with van der Waals surface area (Å²) in [5.41, 5.74) is 7.64. The molecule has 6 nitrogen and oxygen atoms in total. The maximum atomic E-state index is 8.52. The summed E-state index contributed by atoms with van der Waals surface area (Å²) >= 11 is 0. The van der Waals surface area contributed by atoms with E-state index in [1.54, 1.807) is 0 Å². The molecule has 2 aliphatic rings. The van der Waals surface area contributed by atoms with E-state index in [1.165, 1.54) is 28.2 Å². The number of hydrogen-bond acceptors (Lipinski definition) is 5. The third-order valence-corrected chi connectivity index (χ3v) is 5.41. The largest absolute Gasteiger partial charge is 0.759 e. The van der Waals surface area contributed by atoms with Gasteiger partial charge in [-0.3, -0.25) is 13.4 Å². The molecule has 2 aliphatic heterocycles. The average Bonchev–Trinajstić information content (AvgIpc) is 3.04. The van der Waals surface area contributed by atoms with Crippen LogP contribution in [0.15, 0.2) is 65.7 Å². The van der Waals surface area contributed by atoms with E-state index in [-0.39, 0.29) is 11.3 Å². The maximum Gasteiger partial charge on any atom is 0.209 e. The van der Waals surface area contributed by atoms with Crippen molar-refractivity contribution in [2.45, 2.75) is 32.1 Å². The number of nitrogens with zero attached hydrogens (tertiary/aromatic N) is 2. The van der Waals surface area contributed by atoms with Crippen molar-refractivity contribution in [3.63, 3.8) is 0 Å². The van der Waals surface area contributed by atoms with Crippen molar-refractivity contribution in [2.75, 3.05) is 7.05 Å². The van der Waals surface area contributed by atoms with Crippen LogP contribution in [0.2, 0.25) is 0 Å². The highest BCUT2D eigenvalue weighted by atomic mass is 32.3. The molecule has 0 saturated carbocycles. The second kappa shape index (κ2) is 7.67. The molecule has 0 saturated heterocycles. The summed E-state index contributed by atoms with van der Waals surface area (Å²) < 4.78 is 36.4. The lowest BCUT2D eigenvalue weighted by atomic mass is 9.81. The van der Waals surface area contributed by atoms with Crippen molar-refractivity contribution < 1.29 is 22.1 Å². The highest BCUT2D eigenvalue weighted by Crippen LogP contribution is 2.40. The van der Waals surface area contributed by atoms with Crippen LogP contribution in [0.4, 0.5) is 11.4 Å². The Morgan fingerprint density at radius 3 is 2.31 bits per heavy atom. The molecule has 29 heavy (non-hydrogen) atoms. The molecule has 2 aromatic carbocycles. The van der Waals surface area contributed by atoms with Crippen molar-refractivity contribution in [2.24, 2.45) is 4.99 Å². The lowest BCUT2D eigenvalue weighted by Crippen LogP contribution is -2.26. The summed E-state index contributed by atoms with van der Waals surface area (Å²) in [6, 6.07) is 17.1. The lowest BCUT2D eigenvalue weighted by molar-refractivity contribution is -0.401. The zero-order valence-corrected chi connectivity index (χ0v) is 17.6. The second-order valence-corrected chi connectivity index (χ2v) is 8.46. The van der Waals surface area contributed by atoms with Crippen molar-refractivity contribution in [3.05, 3.63) is 71.8 Å². The van der Waals surface area contributed by atoms with E-state index in [0.29, 0.717) is 0 Å². The van der Waals surface area contributed by atoms with Crippen molar-refractivity contribution in [3.8, 4) is 0 Å². The Kier molecular flexibility index (Phi) is 5.58. The van der Waals surface area contributed by atoms with Crippen LogP contribution in [-0.2, 0) is 15.8 Å². The molecule has 2 heterocycles. The maximum absolute atomic E-state index is 8.52. The predicted octanol–water partition coefficient (Wildman–Crippen LogP) is 3.80. The summed E-state index contributed by atoms with van der Waals surface area (Å²) in [6.45, 7) is 6.73. The van der Waals surface area contributed by atoms with Gasteiger partial charge in [-0.15, -0.1) is 0 Å². The summed E-state index contributed by atoms with van der Waals surface area (Å²) in [7, 11) is -3.00. The fourth-order valence-electron chi connectivity index (χ4n) is 4.07. The number of benzene rings is 2. The van der Waals surface area contributed by atoms with E-state index < -0.39 is 10.4 Å². The lowest BCUT2D eigenvalue weighted by Gasteiger charge is -2.15. The topological polar surface area (TPSA) is 95.6 Å². The Labute approximate surface area is 171 Å². The number of rotatable bonds is 2. The number of para-hydroxylation sites is 2. The van der Waals surface area contributed by atoms with Crippen LogP contribution in [0.25, 0.3) is 0 Å². The molecule has 0 aromatic heterocycles. The van der Waals surface area contributed by atoms with Crippen molar-refractivity contribution >= 4 is 33.2 Å². The zero-order chi connectivity index (χ0) is 21.4. The number of hydrogen-bond donors (Lipinski definition) is 0. The van der Waals surface area contributed by atoms with E-state index in [0.717, 1.165) is 5.69 Å². The highest BCUT2D eigenvalue weighted by Gasteiger charge is 2.42. The molecule has 1 unspecified atom stereocenters. The fraction of sp³-hybridized carbons (Fsp3) is 0.273. The minimum Gasteiger partial charge on any atom is -0.759 e. The van der Waals surface area contributed by atoms with Crippen LogP contribution in [0.1, 0.15) is 37.8 Å². The first-order chi connectivity index (χ1) is 13.5. The quantitative estimate of drug-likeness (QED) is 0.427. The van der Waals surface area contributed by atoms with E-state index >= 15 is 0 Å². The van der Waals surface area contributed by atoms with Gasteiger partial charge in [-0.25, -0.2) is 0 Å². The summed E-state index contributed by atoms with van der Waals surface area (Å²) in [6.07, 6.45) is 4.61. The molecule has 0 amide bonds. The second-order valence-electron chi connectivity index (χ2n) is 7.64. The summed E-state index contributed by atoms with van der Waals surface area (Å²) in [5, 5.41) is 0. The van der Waals surface area contributed by atoms with Crippen LogP contribution in [-0.4, -0.2) is 40.6 Å². The Hall–Kier alpha value is -2.61. The van der Waals surface area contributed by atoms with Gasteiger partial charge in [-0.2, -0.15) is 4.58 Å². The smallest absolute Gasteiger partial charge is 0.209 e. The molecule has 0 spiro atoms. The minimum atomic E-state index is -5.17. The van der Waals surface area contributed by atoms with Crippen LogP contribution < -0.4 is 0 Å². The van der Waals surface area contributed by atoms with Crippen LogP contribution in [0, 0.1) is 0 Å². The van der Waals surface area contributed by atoms with Gasteiger partial charge in [0.15, 0.2) is 5.71 Å². The molecule has 7 heteroatoms. The molecular formula is C22H23N2O4S-. The number of aliphatic imine (C=N–C) groups is 1. The SMILES string of the molecule is CC1=Nc2ccccc2C1/C=C/C1=[N+](C)c2ccccc2C1(C)C.O=S(=O)([O-])[O-]. The third kappa shape index (κ3) is 4.37. The van der Waals surface area contributed by atoms with Gasteiger partial charge in [0.1, 0.15) is 7.05 Å². The van der Waals surface area contributed by atoms with Gasteiger partial charge in [-0.05, 0) is 32.4 Å². The molecule has 4 rings (SSSR count). The third-order valence-electron chi connectivity index (χ3n) is 5.41. The van der Waals surface area contributed by atoms with E-state index in [4.69, 9.17) is 22.5 Å². The first-order valence-corrected chi connectivity index (χ1v) is 10.5. The first kappa shape index (κ1) is 21.1. The Bertz CT molecular complexity index is 1140. The van der Waals surface area contributed by atoms with Gasteiger partial charge in [0.2, 0.25) is 5.69 Å². The van der Waals surface area contributed by atoms with Crippen LogP contribution >= 0.6 is 0 Å². The van der Waals surface area contributed by atoms with Gasteiger partial charge >= 0.3 is 0 Å². The van der Waals surface area contributed by atoms with E-state index in [2.05, 4.69) is 93.1 Å². The van der Waals surface area contributed by atoms with Gasteiger partial charge in [-0.1, -0.05) is 42.5 Å². The first-order valence-electron chi connectivity index (χ1n) is 9.20. The summed E-state index contributed by atoms with van der Waals surface area (Å²) in [5.74, 6) is 0.279. The minimum absolute atomic E-state index is 0.0189. The molecule has 0 radical (unpaired) electrons. The average molecular weight is 412 g/mol. The van der Waals surface area contributed by atoms with Gasteiger partial charge in [0, 0.05) is 39.7 Å². The standard InChI is InChI=1S/C22H23N2.H2O4S/c1-15-16(17-9-5-7-11-19(17)23-15)13-14-21-22(2,3)18-10-6-8-12-20(18)24(21)4;1-5(2,3)4/h5-14,16H,1-4H3;(H2,1,2,3,4)/q+1;/p-2/b14-13+;. The van der Waals surface area contributed by atoms with Crippen LogP contribution in [0.5, 0.6) is 0 Å². The van der Waals surface area contributed by atoms with Gasteiger partial charge in [0.05, 0.1) is 11.1 Å². The van der Waals surface area contributed by atoms with Gasteiger partial charge in [0.25, 0.3) is 0 Å². The number of fused-ring (bicyclic) bond motifs is 2. The normalized spacial score (nSPS) is 19.5.